The zero-order chi connectivity index (χ0) is 20.8. The van der Waals surface area contributed by atoms with Gasteiger partial charge in [0.2, 0.25) is 0 Å². The third-order valence-corrected chi connectivity index (χ3v) is 6.92. The summed E-state index contributed by atoms with van der Waals surface area (Å²) in [5.41, 5.74) is 2.48. The minimum Gasteiger partial charge on any atom is -0.481 e. The van der Waals surface area contributed by atoms with Gasteiger partial charge in [0.15, 0.2) is 6.10 Å². The van der Waals surface area contributed by atoms with Crippen molar-refractivity contribution in [3.05, 3.63) is 58.6 Å². The highest BCUT2D eigenvalue weighted by molar-refractivity contribution is 7.84. The van der Waals surface area contributed by atoms with E-state index in [1.54, 1.807) is 25.1 Å². The lowest BCUT2D eigenvalue weighted by Gasteiger charge is -2.21. The molecular weight excluding hydrogens is 410 g/mol. The Morgan fingerprint density at radius 1 is 1.28 bits per heavy atom. The predicted octanol–water partition coefficient (Wildman–Crippen LogP) is 4.48. The van der Waals surface area contributed by atoms with Crippen LogP contribution >= 0.6 is 11.6 Å². The van der Waals surface area contributed by atoms with Crippen molar-refractivity contribution in [3.63, 3.8) is 0 Å². The maximum Gasteiger partial charge on any atom is 0.265 e. The molecule has 0 spiro atoms. The molecule has 0 saturated carbocycles. The molecule has 0 aliphatic carbocycles. The standard InChI is InChI=1S/C22H26ClNO4S/c1-15-12-18(23)6-7-21(15)28-16(2)22(25)24-19-5-3-4-17(13-19)14-29(26)20-8-10-27-11-9-20/h3-7,12-13,16,20H,8-11,14H2,1-2H3,(H,24,25). The van der Waals surface area contributed by atoms with Gasteiger partial charge >= 0.3 is 0 Å². The van der Waals surface area contributed by atoms with Crippen LogP contribution in [0.5, 0.6) is 5.75 Å². The van der Waals surface area contributed by atoms with Gasteiger partial charge in [-0.2, -0.15) is 0 Å². The molecule has 2 aromatic carbocycles. The molecule has 29 heavy (non-hydrogen) atoms. The van der Waals surface area contributed by atoms with Crippen LogP contribution in [0, 0.1) is 6.92 Å². The zero-order valence-electron chi connectivity index (χ0n) is 16.7. The first kappa shape index (κ1) is 21.8. The summed E-state index contributed by atoms with van der Waals surface area (Å²) in [5, 5.41) is 3.68. The van der Waals surface area contributed by atoms with Gasteiger partial charge in [0.1, 0.15) is 5.75 Å². The van der Waals surface area contributed by atoms with Crippen LogP contribution in [0.2, 0.25) is 5.02 Å². The second-order valence-corrected chi connectivity index (χ2v) is 9.35. The summed E-state index contributed by atoms with van der Waals surface area (Å²) >= 11 is 5.96. The molecule has 1 aliphatic rings. The highest BCUT2D eigenvalue weighted by atomic mass is 35.5. The molecule has 1 N–H and O–H groups in total. The molecule has 0 radical (unpaired) electrons. The van der Waals surface area contributed by atoms with E-state index in [4.69, 9.17) is 21.1 Å². The Labute approximate surface area is 179 Å². The van der Waals surface area contributed by atoms with E-state index in [-0.39, 0.29) is 11.2 Å². The lowest BCUT2D eigenvalue weighted by atomic mass is 10.2. The van der Waals surface area contributed by atoms with E-state index >= 15 is 0 Å². The molecule has 1 fully saturated rings. The monoisotopic (exact) mass is 435 g/mol. The Bertz CT molecular complexity index is 883. The number of rotatable bonds is 7. The van der Waals surface area contributed by atoms with E-state index < -0.39 is 16.9 Å². The molecule has 2 atom stereocenters. The number of carbonyl (C=O) groups is 1. The number of amides is 1. The Balaban J connectivity index is 1.58. The Kier molecular flexibility index (Phi) is 7.70. The molecule has 2 aromatic rings. The van der Waals surface area contributed by atoms with E-state index in [1.165, 1.54) is 0 Å². The van der Waals surface area contributed by atoms with Crippen LogP contribution in [0.25, 0.3) is 0 Å². The summed E-state index contributed by atoms with van der Waals surface area (Å²) < 4.78 is 23.7. The summed E-state index contributed by atoms with van der Waals surface area (Å²) in [7, 11) is -0.947. The maximum atomic E-state index is 12.6. The first-order valence-electron chi connectivity index (χ1n) is 9.70. The number of nitrogens with one attached hydrogen (secondary N) is 1. The predicted molar refractivity (Wildman–Crippen MR) is 117 cm³/mol. The number of halogens is 1. The maximum absolute atomic E-state index is 12.6. The van der Waals surface area contributed by atoms with Crippen molar-refractivity contribution in [3.8, 4) is 5.75 Å². The summed E-state index contributed by atoms with van der Waals surface area (Å²) in [5.74, 6) is 0.851. The van der Waals surface area contributed by atoms with Gasteiger partial charge in [-0.25, -0.2) is 0 Å². The van der Waals surface area contributed by atoms with Crippen LogP contribution in [0.1, 0.15) is 30.9 Å². The largest absolute Gasteiger partial charge is 0.481 e. The molecule has 7 heteroatoms. The molecular formula is C22H26ClNO4S. The normalized spacial score (nSPS) is 16.8. The van der Waals surface area contributed by atoms with Gasteiger partial charge in [-0.3, -0.25) is 9.00 Å². The van der Waals surface area contributed by atoms with Gasteiger partial charge in [-0.15, -0.1) is 0 Å². The van der Waals surface area contributed by atoms with Crippen LogP contribution in [-0.4, -0.2) is 34.7 Å². The van der Waals surface area contributed by atoms with Crippen molar-refractivity contribution in [2.24, 2.45) is 0 Å². The number of hydrogen-bond donors (Lipinski definition) is 1. The van der Waals surface area contributed by atoms with Gasteiger partial charge in [0.05, 0.1) is 0 Å². The van der Waals surface area contributed by atoms with Crippen molar-refractivity contribution in [1.82, 2.24) is 0 Å². The van der Waals surface area contributed by atoms with Crippen LogP contribution in [-0.2, 0) is 26.1 Å². The van der Waals surface area contributed by atoms with Crippen LogP contribution in [0.3, 0.4) is 0 Å². The summed E-state index contributed by atoms with van der Waals surface area (Å²) in [6, 6.07) is 12.8. The first-order valence-corrected chi connectivity index (χ1v) is 11.5. The van der Waals surface area contributed by atoms with E-state index in [0.29, 0.717) is 35.4 Å². The fourth-order valence-electron chi connectivity index (χ4n) is 3.19. The zero-order valence-corrected chi connectivity index (χ0v) is 18.2. The minimum absolute atomic E-state index is 0.179. The van der Waals surface area contributed by atoms with Crippen molar-refractivity contribution < 1.29 is 18.5 Å². The molecule has 0 aromatic heterocycles. The number of ether oxygens (including phenoxy) is 2. The number of aryl methyl sites for hydroxylation is 1. The third kappa shape index (κ3) is 6.29. The van der Waals surface area contributed by atoms with Crippen LogP contribution in [0.15, 0.2) is 42.5 Å². The highest BCUT2D eigenvalue weighted by Gasteiger charge is 2.21. The Hall–Kier alpha value is -1.89. The van der Waals surface area contributed by atoms with Gasteiger partial charge in [-0.05, 0) is 68.1 Å². The third-order valence-electron chi connectivity index (χ3n) is 4.85. The van der Waals surface area contributed by atoms with Gasteiger partial charge in [-0.1, -0.05) is 23.7 Å². The van der Waals surface area contributed by atoms with Gasteiger partial charge in [0.25, 0.3) is 5.91 Å². The average Bonchev–Trinajstić information content (AvgIpc) is 2.71. The molecule has 0 bridgehead atoms. The number of carbonyl (C=O) groups excluding carboxylic acids is 1. The average molecular weight is 436 g/mol. The second-order valence-electron chi connectivity index (χ2n) is 7.20. The van der Waals surface area contributed by atoms with Crippen molar-refractivity contribution in [2.45, 2.75) is 43.8 Å². The number of anilines is 1. The summed E-state index contributed by atoms with van der Waals surface area (Å²) in [6.07, 6.45) is 0.999. The second kappa shape index (κ2) is 10.2. The minimum atomic E-state index is -0.947. The number of hydrogen-bond acceptors (Lipinski definition) is 4. The molecule has 1 aliphatic heterocycles. The van der Waals surface area contributed by atoms with E-state index in [2.05, 4.69) is 5.32 Å². The van der Waals surface area contributed by atoms with E-state index in [1.807, 2.05) is 31.2 Å². The lowest BCUT2D eigenvalue weighted by molar-refractivity contribution is -0.122. The fraction of sp³-hybridized carbons (Fsp3) is 0.409. The smallest absolute Gasteiger partial charge is 0.265 e. The molecule has 3 rings (SSSR count). The first-order chi connectivity index (χ1) is 13.9. The molecule has 1 amide bonds. The Morgan fingerprint density at radius 3 is 2.76 bits per heavy atom. The van der Waals surface area contributed by atoms with Crippen molar-refractivity contribution in [1.29, 1.82) is 0 Å². The SMILES string of the molecule is Cc1cc(Cl)ccc1OC(C)C(=O)Nc1cccc(CS(=O)C2CCOCC2)c1. The quantitative estimate of drug-likeness (QED) is 0.696. The van der Waals surface area contributed by atoms with Crippen molar-refractivity contribution >= 4 is 34.0 Å². The van der Waals surface area contributed by atoms with E-state index in [9.17, 15) is 9.00 Å². The van der Waals surface area contributed by atoms with Crippen LogP contribution in [0.4, 0.5) is 5.69 Å². The van der Waals surface area contributed by atoms with Gasteiger partial charge < -0.3 is 14.8 Å². The lowest BCUT2D eigenvalue weighted by Crippen LogP contribution is -2.30. The molecule has 2 unspecified atom stereocenters. The summed E-state index contributed by atoms with van der Waals surface area (Å²) in [4.78, 5) is 12.5. The van der Waals surface area contributed by atoms with E-state index in [0.717, 1.165) is 24.0 Å². The Morgan fingerprint density at radius 2 is 2.03 bits per heavy atom. The fourth-order valence-corrected chi connectivity index (χ4v) is 4.88. The highest BCUT2D eigenvalue weighted by Crippen LogP contribution is 2.23. The molecule has 1 heterocycles. The molecule has 5 nitrogen and oxygen atoms in total. The van der Waals surface area contributed by atoms with Crippen LogP contribution < -0.4 is 10.1 Å². The van der Waals surface area contributed by atoms with Gasteiger partial charge in [0, 0.05) is 45.7 Å². The summed E-state index contributed by atoms with van der Waals surface area (Å²) in [6.45, 7) is 4.94. The number of benzene rings is 2. The molecule has 156 valence electrons. The molecule has 1 saturated heterocycles. The van der Waals surface area contributed by atoms with Crippen molar-refractivity contribution in [2.75, 3.05) is 18.5 Å². The topological polar surface area (TPSA) is 64.6 Å².